The van der Waals surface area contributed by atoms with E-state index < -0.39 is 5.54 Å². The van der Waals surface area contributed by atoms with Crippen molar-refractivity contribution in [3.8, 4) is 0 Å². The number of ether oxygens (including phenoxy) is 1. The smallest absolute Gasteiger partial charge is 0.326 e. The van der Waals surface area contributed by atoms with Crippen LogP contribution in [0.1, 0.15) is 56.8 Å². The number of hydrogen-bond donors (Lipinski definition) is 1. The second kappa shape index (κ2) is 5.74. The summed E-state index contributed by atoms with van der Waals surface area (Å²) in [4.78, 5) is 12.2. The topological polar surface area (TPSA) is 52.3 Å². The molecule has 2 rings (SSSR count). The number of rotatable bonds is 4. The highest BCUT2D eigenvalue weighted by molar-refractivity contribution is 5.80. The largest absolute Gasteiger partial charge is 0.456 e. The molecule has 2 N–H and O–H groups in total. The molecule has 1 aliphatic carbocycles. The number of aryl methyl sites for hydroxylation is 1. The van der Waals surface area contributed by atoms with E-state index in [1.54, 1.807) is 6.92 Å². The van der Waals surface area contributed by atoms with Gasteiger partial charge < -0.3 is 10.5 Å². The van der Waals surface area contributed by atoms with E-state index in [1.807, 2.05) is 19.1 Å². The molecule has 19 heavy (non-hydrogen) atoms. The van der Waals surface area contributed by atoms with E-state index in [1.165, 1.54) is 5.56 Å². The second-order valence-corrected chi connectivity index (χ2v) is 5.65. The van der Waals surface area contributed by atoms with E-state index in [0.29, 0.717) is 6.42 Å². The van der Waals surface area contributed by atoms with Crippen LogP contribution in [-0.4, -0.2) is 11.5 Å². The first-order valence-corrected chi connectivity index (χ1v) is 7.12. The Morgan fingerprint density at radius 2 is 2.21 bits per heavy atom. The summed E-state index contributed by atoms with van der Waals surface area (Å²) < 4.78 is 5.67. The first-order chi connectivity index (χ1) is 9.04. The number of nitrogens with two attached hydrogens (primary N) is 1. The minimum absolute atomic E-state index is 0.128. The van der Waals surface area contributed by atoms with Crippen molar-refractivity contribution in [2.24, 2.45) is 5.73 Å². The Kier molecular flexibility index (Phi) is 4.25. The molecule has 0 saturated carbocycles. The summed E-state index contributed by atoms with van der Waals surface area (Å²) in [6.07, 6.45) is 4.43. The Bertz CT molecular complexity index is 454. The number of esters is 1. The highest BCUT2D eigenvalue weighted by atomic mass is 16.5. The number of hydrogen-bond acceptors (Lipinski definition) is 3. The molecule has 0 aromatic heterocycles. The molecule has 3 heteroatoms. The first-order valence-electron chi connectivity index (χ1n) is 7.12. The van der Waals surface area contributed by atoms with E-state index >= 15 is 0 Å². The second-order valence-electron chi connectivity index (χ2n) is 5.65. The molecule has 1 aliphatic rings. The summed E-state index contributed by atoms with van der Waals surface area (Å²) in [5.41, 5.74) is 7.60. The predicted octanol–water partition coefficient (Wildman–Crippen LogP) is 3.12. The summed E-state index contributed by atoms with van der Waals surface area (Å²) in [6.45, 7) is 3.78. The average molecular weight is 261 g/mol. The van der Waals surface area contributed by atoms with Crippen molar-refractivity contribution in [1.29, 1.82) is 0 Å². The van der Waals surface area contributed by atoms with Gasteiger partial charge >= 0.3 is 5.97 Å². The highest BCUT2D eigenvalue weighted by Crippen LogP contribution is 2.33. The van der Waals surface area contributed by atoms with Crippen molar-refractivity contribution in [3.63, 3.8) is 0 Å². The molecule has 3 nitrogen and oxygen atoms in total. The van der Waals surface area contributed by atoms with Gasteiger partial charge in [-0.1, -0.05) is 37.6 Å². The van der Waals surface area contributed by atoms with Gasteiger partial charge in [0.15, 0.2) is 0 Å². The maximum absolute atomic E-state index is 12.2. The standard InChI is InChI=1S/C16H23NO2/c1-3-11-16(2,17)15(18)19-14-10-6-8-12-7-4-5-9-13(12)14/h4-5,7,9,14H,3,6,8,10-11,17H2,1-2H3. The summed E-state index contributed by atoms with van der Waals surface area (Å²) >= 11 is 0. The minimum Gasteiger partial charge on any atom is -0.456 e. The van der Waals surface area contributed by atoms with E-state index in [4.69, 9.17) is 10.5 Å². The van der Waals surface area contributed by atoms with Gasteiger partial charge in [0.1, 0.15) is 11.6 Å². The van der Waals surface area contributed by atoms with Gasteiger partial charge in [0.2, 0.25) is 0 Å². The Morgan fingerprint density at radius 1 is 1.47 bits per heavy atom. The Balaban J connectivity index is 2.11. The van der Waals surface area contributed by atoms with Gasteiger partial charge in [-0.15, -0.1) is 0 Å². The van der Waals surface area contributed by atoms with Crippen LogP contribution in [0.2, 0.25) is 0 Å². The fourth-order valence-corrected chi connectivity index (χ4v) is 2.72. The van der Waals surface area contributed by atoms with Gasteiger partial charge in [-0.3, -0.25) is 4.79 Å². The third-order valence-electron chi connectivity index (χ3n) is 3.80. The Labute approximate surface area is 115 Å². The maximum atomic E-state index is 12.2. The molecule has 0 bridgehead atoms. The Morgan fingerprint density at radius 3 is 2.95 bits per heavy atom. The summed E-state index contributed by atoms with van der Waals surface area (Å²) in [5.74, 6) is -0.281. The molecule has 0 fully saturated rings. The lowest BCUT2D eigenvalue weighted by atomic mass is 9.89. The fraction of sp³-hybridized carbons (Fsp3) is 0.562. The van der Waals surface area contributed by atoms with Crippen LogP contribution in [0.25, 0.3) is 0 Å². The summed E-state index contributed by atoms with van der Waals surface area (Å²) in [5, 5.41) is 0. The molecule has 1 aromatic carbocycles. The number of carbonyl (C=O) groups excluding carboxylic acids is 1. The zero-order valence-electron chi connectivity index (χ0n) is 11.8. The molecule has 0 spiro atoms. The average Bonchev–Trinajstić information content (AvgIpc) is 2.39. The van der Waals surface area contributed by atoms with Crippen LogP contribution in [0.4, 0.5) is 0 Å². The van der Waals surface area contributed by atoms with E-state index in [-0.39, 0.29) is 12.1 Å². The highest BCUT2D eigenvalue weighted by Gasteiger charge is 2.32. The van der Waals surface area contributed by atoms with Crippen molar-refractivity contribution in [3.05, 3.63) is 35.4 Å². The van der Waals surface area contributed by atoms with Crippen molar-refractivity contribution in [2.45, 2.75) is 57.6 Å². The van der Waals surface area contributed by atoms with Crippen molar-refractivity contribution in [2.75, 3.05) is 0 Å². The third kappa shape index (κ3) is 3.16. The molecule has 0 aliphatic heterocycles. The summed E-state index contributed by atoms with van der Waals surface area (Å²) in [7, 11) is 0. The van der Waals surface area contributed by atoms with Gasteiger partial charge in [-0.05, 0) is 43.7 Å². The minimum atomic E-state index is -0.874. The van der Waals surface area contributed by atoms with E-state index in [0.717, 1.165) is 31.2 Å². The van der Waals surface area contributed by atoms with Gasteiger partial charge in [0.05, 0.1) is 0 Å². The molecule has 2 atom stereocenters. The SMILES string of the molecule is CCCC(C)(N)C(=O)OC1CCCc2ccccc21. The van der Waals surface area contributed by atoms with Crippen molar-refractivity contribution in [1.82, 2.24) is 0 Å². The van der Waals surface area contributed by atoms with Crippen LogP contribution in [0.5, 0.6) is 0 Å². The molecule has 1 aromatic rings. The number of fused-ring (bicyclic) bond motifs is 1. The number of carbonyl (C=O) groups is 1. The van der Waals surface area contributed by atoms with Gasteiger partial charge in [-0.25, -0.2) is 0 Å². The molecular formula is C16H23NO2. The van der Waals surface area contributed by atoms with Gasteiger partial charge in [0.25, 0.3) is 0 Å². The van der Waals surface area contributed by atoms with Crippen LogP contribution in [0.15, 0.2) is 24.3 Å². The first kappa shape index (κ1) is 14.1. The quantitative estimate of drug-likeness (QED) is 0.847. The molecule has 0 radical (unpaired) electrons. The molecule has 0 amide bonds. The fourth-order valence-electron chi connectivity index (χ4n) is 2.72. The monoisotopic (exact) mass is 261 g/mol. The van der Waals surface area contributed by atoms with Crippen LogP contribution in [0, 0.1) is 0 Å². The molecule has 0 saturated heterocycles. The Hall–Kier alpha value is -1.35. The molecule has 104 valence electrons. The lowest BCUT2D eigenvalue weighted by molar-refractivity contribution is -0.156. The van der Waals surface area contributed by atoms with Crippen molar-refractivity contribution < 1.29 is 9.53 Å². The third-order valence-corrected chi connectivity index (χ3v) is 3.80. The number of benzene rings is 1. The molecule has 2 unspecified atom stereocenters. The van der Waals surface area contributed by atoms with Crippen LogP contribution < -0.4 is 5.73 Å². The van der Waals surface area contributed by atoms with Crippen LogP contribution in [-0.2, 0) is 16.0 Å². The predicted molar refractivity (Wildman–Crippen MR) is 75.7 cm³/mol. The normalized spacial score (nSPS) is 21.3. The molecular weight excluding hydrogens is 238 g/mol. The zero-order valence-corrected chi connectivity index (χ0v) is 11.8. The lowest BCUT2D eigenvalue weighted by Crippen LogP contribution is -2.46. The zero-order chi connectivity index (χ0) is 13.9. The van der Waals surface area contributed by atoms with Crippen LogP contribution in [0.3, 0.4) is 0 Å². The van der Waals surface area contributed by atoms with E-state index in [9.17, 15) is 4.79 Å². The van der Waals surface area contributed by atoms with Crippen molar-refractivity contribution >= 4 is 5.97 Å². The maximum Gasteiger partial charge on any atom is 0.326 e. The summed E-state index contributed by atoms with van der Waals surface area (Å²) in [6, 6.07) is 8.20. The molecule has 0 heterocycles. The van der Waals surface area contributed by atoms with Gasteiger partial charge in [0, 0.05) is 0 Å². The van der Waals surface area contributed by atoms with E-state index in [2.05, 4.69) is 12.1 Å². The van der Waals surface area contributed by atoms with Gasteiger partial charge in [-0.2, -0.15) is 0 Å². The lowest BCUT2D eigenvalue weighted by Gasteiger charge is -2.29. The van der Waals surface area contributed by atoms with Crippen LogP contribution >= 0.6 is 0 Å².